The Bertz CT molecular complexity index is 1940. The summed E-state index contributed by atoms with van der Waals surface area (Å²) in [5.74, 6) is -2.16. The summed E-state index contributed by atoms with van der Waals surface area (Å²) in [6, 6.07) is 12.2. The van der Waals surface area contributed by atoms with Crippen LogP contribution in [0.15, 0.2) is 60.3 Å². The van der Waals surface area contributed by atoms with Gasteiger partial charge in [-0.25, -0.2) is 9.97 Å². The van der Waals surface area contributed by atoms with Gasteiger partial charge in [-0.1, -0.05) is 23.5 Å². The molecule has 0 bridgehead atoms. The Labute approximate surface area is 232 Å². The number of ketones is 1. The normalized spacial score (nSPS) is 16.9. The van der Waals surface area contributed by atoms with E-state index in [1.54, 1.807) is 17.5 Å². The van der Waals surface area contributed by atoms with Crippen molar-refractivity contribution in [2.24, 2.45) is 0 Å². The number of nitro benzene ring substituents is 1. The van der Waals surface area contributed by atoms with Gasteiger partial charge in [-0.15, -0.1) is 0 Å². The molecule has 6 rings (SSSR count). The fourth-order valence-corrected chi connectivity index (χ4v) is 6.43. The van der Waals surface area contributed by atoms with Crippen molar-refractivity contribution in [2.75, 3.05) is 4.90 Å². The van der Waals surface area contributed by atoms with E-state index >= 15 is 0 Å². The lowest BCUT2D eigenvalue weighted by atomic mass is 9.96. The van der Waals surface area contributed by atoms with E-state index in [1.807, 2.05) is 45.0 Å². The van der Waals surface area contributed by atoms with Crippen LogP contribution in [0.5, 0.6) is 0 Å². The molecular weight excluding hydrogens is 530 g/mol. The summed E-state index contributed by atoms with van der Waals surface area (Å²) in [5.41, 5.74) is 5.04. The Balaban J connectivity index is 1.60. The Morgan fingerprint density at radius 2 is 1.75 bits per heavy atom. The minimum atomic E-state index is -1.08. The molecule has 0 radical (unpaired) electrons. The molecule has 1 fully saturated rings. The number of aliphatic hydroxyl groups excluding tert-OH is 1. The first-order valence-electron chi connectivity index (χ1n) is 12.4. The number of hydrogen-bond acceptors (Lipinski definition) is 8. The van der Waals surface area contributed by atoms with Crippen LogP contribution in [0.2, 0.25) is 0 Å². The average Bonchev–Trinajstić information content (AvgIpc) is 3.57. The molecular formula is C29H23N5O5S. The molecule has 1 amide bonds. The van der Waals surface area contributed by atoms with Crippen molar-refractivity contribution in [3.8, 4) is 0 Å². The molecule has 1 aliphatic heterocycles. The SMILES string of the molecule is Cc1cc(C)c2nc(N3C(=O)C(=O)/C(=C(/O)c4nc5c(C)cccn5c4C)C3c3ccc([N+](=O)[O-])cc3)sc2c1. The zero-order valence-electron chi connectivity index (χ0n) is 22.0. The van der Waals surface area contributed by atoms with Crippen molar-refractivity contribution >= 4 is 55.5 Å². The summed E-state index contributed by atoms with van der Waals surface area (Å²) >= 11 is 1.26. The van der Waals surface area contributed by atoms with E-state index in [0.717, 1.165) is 21.4 Å². The standard InChI is InChI=1S/C29H23N5O5S/c1-14-12-16(3)22-20(13-14)40-29(31-22)33-24(18-7-9-19(10-8-18)34(38)39)21(26(36)28(33)37)25(35)23-17(4)32-11-5-6-15(2)27(32)30-23/h5-13,24,35H,1-4H3/b25-21+. The number of imidazole rings is 1. The highest BCUT2D eigenvalue weighted by atomic mass is 32.1. The summed E-state index contributed by atoms with van der Waals surface area (Å²) in [7, 11) is 0. The first-order valence-corrected chi connectivity index (χ1v) is 13.3. The van der Waals surface area contributed by atoms with Crippen LogP contribution >= 0.6 is 11.3 Å². The van der Waals surface area contributed by atoms with Gasteiger partial charge in [0.2, 0.25) is 0 Å². The lowest BCUT2D eigenvalue weighted by Gasteiger charge is -2.22. The van der Waals surface area contributed by atoms with Gasteiger partial charge in [0.05, 0.1) is 32.4 Å². The molecule has 200 valence electrons. The van der Waals surface area contributed by atoms with E-state index in [1.165, 1.54) is 40.5 Å². The van der Waals surface area contributed by atoms with Crippen molar-refractivity contribution in [3.63, 3.8) is 0 Å². The topological polar surface area (TPSA) is 131 Å². The quantitative estimate of drug-likeness (QED) is 0.0991. The van der Waals surface area contributed by atoms with Crippen molar-refractivity contribution in [2.45, 2.75) is 33.7 Å². The molecule has 1 atom stereocenters. The molecule has 5 aromatic rings. The Kier molecular flexibility index (Phi) is 5.77. The van der Waals surface area contributed by atoms with Gasteiger partial charge in [-0.05, 0) is 74.2 Å². The largest absolute Gasteiger partial charge is 0.505 e. The Hall–Kier alpha value is -4.90. The summed E-state index contributed by atoms with van der Waals surface area (Å²) in [4.78, 5) is 48.6. The third kappa shape index (κ3) is 3.77. The lowest BCUT2D eigenvalue weighted by Crippen LogP contribution is -2.29. The predicted molar refractivity (Wildman–Crippen MR) is 152 cm³/mol. The number of carbonyl (C=O) groups is 2. The number of rotatable bonds is 4. The van der Waals surface area contributed by atoms with Crippen LogP contribution in [-0.2, 0) is 9.59 Å². The smallest absolute Gasteiger partial charge is 0.301 e. The number of amides is 1. The van der Waals surface area contributed by atoms with Gasteiger partial charge in [0, 0.05) is 18.3 Å². The molecule has 4 heterocycles. The summed E-state index contributed by atoms with van der Waals surface area (Å²) in [6.07, 6.45) is 1.80. The van der Waals surface area contributed by atoms with Crippen LogP contribution < -0.4 is 4.90 Å². The van der Waals surface area contributed by atoms with E-state index in [9.17, 15) is 24.8 Å². The van der Waals surface area contributed by atoms with Crippen LogP contribution in [0.3, 0.4) is 0 Å². The van der Waals surface area contributed by atoms with Gasteiger partial charge >= 0.3 is 5.91 Å². The molecule has 40 heavy (non-hydrogen) atoms. The third-order valence-corrected chi connectivity index (χ3v) is 8.20. The van der Waals surface area contributed by atoms with Crippen molar-refractivity contribution in [1.29, 1.82) is 0 Å². The number of carbonyl (C=O) groups excluding carboxylic acids is 2. The first-order chi connectivity index (χ1) is 19.1. The molecule has 0 spiro atoms. The van der Waals surface area contributed by atoms with Crippen LogP contribution in [0.25, 0.3) is 21.6 Å². The maximum atomic E-state index is 13.6. The highest BCUT2D eigenvalue weighted by Crippen LogP contribution is 2.45. The minimum Gasteiger partial charge on any atom is -0.505 e. The lowest BCUT2D eigenvalue weighted by molar-refractivity contribution is -0.384. The second-order valence-electron chi connectivity index (χ2n) is 9.87. The number of pyridine rings is 1. The van der Waals surface area contributed by atoms with E-state index in [2.05, 4.69) is 4.98 Å². The van der Waals surface area contributed by atoms with E-state index in [4.69, 9.17) is 4.98 Å². The number of nitrogens with zero attached hydrogens (tertiary/aromatic N) is 5. The summed E-state index contributed by atoms with van der Waals surface area (Å²) < 4.78 is 2.66. The predicted octanol–water partition coefficient (Wildman–Crippen LogP) is 5.71. The van der Waals surface area contributed by atoms with Crippen molar-refractivity contribution < 1.29 is 19.6 Å². The Morgan fingerprint density at radius 3 is 2.42 bits per heavy atom. The molecule has 3 aromatic heterocycles. The van der Waals surface area contributed by atoms with Gasteiger partial charge in [-0.3, -0.25) is 24.6 Å². The second-order valence-corrected chi connectivity index (χ2v) is 10.9. The Morgan fingerprint density at radius 1 is 1.02 bits per heavy atom. The molecule has 1 saturated heterocycles. The molecule has 0 aliphatic carbocycles. The fourth-order valence-electron chi connectivity index (χ4n) is 5.26. The number of anilines is 1. The zero-order valence-corrected chi connectivity index (χ0v) is 22.8. The first kappa shape index (κ1) is 25.4. The number of aryl methyl sites for hydroxylation is 4. The molecule has 1 unspecified atom stereocenters. The van der Waals surface area contributed by atoms with Crippen molar-refractivity contribution in [1.82, 2.24) is 14.4 Å². The van der Waals surface area contributed by atoms with Gasteiger partial charge in [0.25, 0.3) is 11.5 Å². The highest BCUT2D eigenvalue weighted by molar-refractivity contribution is 7.22. The van der Waals surface area contributed by atoms with E-state index < -0.39 is 28.4 Å². The van der Waals surface area contributed by atoms with E-state index in [0.29, 0.717) is 22.4 Å². The number of Topliss-reactive ketones (excluding diaryl/α,β-unsaturated/α-hetero) is 1. The molecule has 1 N–H and O–H groups in total. The highest BCUT2D eigenvalue weighted by Gasteiger charge is 2.48. The number of thiazole rings is 1. The number of nitro groups is 1. The second kappa shape index (κ2) is 9.09. The number of hydrogen-bond donors (Lipinski definition) is 1. The molecule has 11 heteroatoms. The van der Waals surface area contributed by atoms with Gasteiger partial charge < -0.3 is 9.51 Å². The van der Waals surface area contributed by atoms with Gasteiger partial charge in [0.15, 0.2) is 10.9 Å². The average molecular weight is 554 g/mol. The molecule has 0 saturated carbocycles. The minimum absolute atomic E-state index is 0.140. The molecule has 10 nitrogen and oxygen atoms in total. The van der Waals surface area contributed by atoms with Crippen LogP contribution in [0.4, 0.5) is 10.8 Å². The van der Waals surface area contributed by atoms with Crippen LogP contribution in [0, 0.1) is 37.8 Å². The molecule has 2 aromatic carbocycles. The van der Waals surface area contributed by atoms with Gasteiger partial charge in [0.1, 0.15) is 11.3 Å². The number of non-ortho nitro benzene ring substituents is 1. The fraction of sp³-hybridized carbons (Fsp3) is 0.172. The maximum absolute atomic E-state index is 13.6. The summed E-state index contributed by atoms with van der Waals surface area (Å²) in [5, 5.41) is 23.2. The number of aliphatic hydroxyl groups is 1. The van der Waals surface area contributed by atoms with Gasteiger partial charge in [-0.2, -0.15) is 0 Å². The number of aromatic nitrogens is 3. The third-order valence-electron chi connectivity index (χ3n) is 7.20. The number of fused-ring (bicyclic) bond motifs is 2. The monoisotopic (exact) mass is 553 g/mol. The van der Waals surface area contributed by atoms with Crippen LogP contribution in [0.1, 0.15) is 39.7 Å². The summed E-state index contributed by atoms with van der Waals surface area (Å²) in [6.45, 7) is 7.55. The molecule has 1 aliphatic rings. The zero-order chi connectivity index (χ0) is 28.5. The van der Waals surface area contributed by atoms with Crippen molar-refractivity contribution in [3.05, 3.63) is 104 Å². The number of benzene rings is 2. The van der Waals surface area contributed by atoms with Crippen LogP contribution in [-0.4, -0.2) is 36.1 Å². The van der Waals surface area contributed by atoms with E-state index in [-0.39, 0.29) is 22.1 Å². The maximum Gasteiger partial charge on any atom is 0.301 e.